The molecule has 0 atom stereocenters. The first-order chi connectivity index (χ1) is 11.3. The standard InChI is InChI=1S/C16H18BrN3O3S/c1-11-3-6-14(9-15(11)24(22,23)18-2)20-16(21)10-19-13-7-4-12(17)5-8-13/h3-9,18-19H,10H2,1-2H3,(H,20,21). The molecule has 0 unspecified atom stereocenters. The maximum absolute atomic E-state index is 12.0. The van der Waals surface area contributed by atoms with E-state index in [1.807, 2.05) is 24.3 Å². The number of anilines is 2. The molecule has 0 bridgehead atoms. The predicted molar refractivity (Wildman–Crippen MR) is 98.7 cm³/mol. The Balaban J connectivity index is 2.04. The monoisotopic (exact) mass is 411 g/mol. The highest BCUT2D eigenvalue weighted by Crippen LogP contribution is 2.20. The lowest BCUT2D eigenvalue weighted by Gasteiger charge is -2.11. The molecular weight excluding hydrogens is 394 g/mol. The van der Waals surface area contributed by atoms with Crippen molar-refractivity contribution in [1.82, 2.24) is 4.72 Å². The van der Waals surface area contributed by atoms with Crippen LogP contribution in [0, 0.1) is 6.92 Å². The van der Waals surface area contributed by atoms with Crippen LogP contribution in [0.25, 0.3) is 0 Å². The van der Waals surface area contributed by atoms with E-state index < -0.39 is 10.0 Å². The molecule has 0 radical (unpaired) electrons. The van der Waals surface area contributed by atoms with E-state index in [0.29, 0.717) is 11.3 Å². The summed E-state index contributed by atoms with van der Waals surface area (Å²) in [6.07, 6.45) is 0. The molecular formula is C16H18BrN3O3S. The lowest BCUT2D eigenvalue weighted by Crippen LogP contribution is -2.23. The SMILES string of the molecule is CNS(=O)(=O)c1cc(NC(=O)CNc2ccc(Br)cc2)ccc1C. The molecule has 0 saturated carbocycles. The molecule has 0 spiro atoms. The largest absolute Gasteiger partial charge is 0.376 e. The summed E-state index contributed by atoms with van der Waals surface area (Å²) in [4.78, 5) is 12.2. The minimum Gasteiger partial charge on any atom is -0.376 e. The zero-order valence-corrected chi connectivity index (χ0v) is 15.7. The van der Waals surface area contributed by atoms with Gasteiger partial charge in [-0.05, 0) is 55.9 Å². The number of halogens is 1. The molecule has 6 nitrogen and oxygen atoms in total. The number of nitrogens with one attached hydrogen (secondary N) is 3. The summed E-state index contributed by atoms with van der Waals surface area (Å²) in [7, 11) is -2.22. The van der Waals surface area contributed by atoms with Gasteiger partial charge in [-0.3, -0.25) is 4.79 Å². The van der Waals surface area contributed by atoms with Crippen LogP contribution in [0.1, 0.15) is 5.56 Å². The minimum atomic E-state index is -3.57. The van der Waals surface area contributed by atoms with E-state index in [-0.39, 0.29) is 17.3 Å². The molecule has 24 heavy (non-hydrogen) atoms. The average molecular weight is 412 g/mol. The summed E-state index contributed by atoms with van der Waals surface area (Å²) in [5, 5.41) is 5.68. The number of aryl methyl sites for hydroxylation is 1. The molecule has 128 valence electrons. The molecule has 1 amide bonds. The Morgan fingerprint density at radius 3 is 2.33 bits per heavy atom. The zero-order chi connectivity index (χ0) is 17.7. The van der Waals surface area contributed by atoms with Gasteiger partial charge in [-0.1, -0.05) is 22.0 Å². The summed E-state index contributed by atoms with van der Waals surface area (Å²) < 4.78 is 27.1. The molecule has 0 aliphatic rings. The number of amides is 1. The van der Waals surface area contributed by atoms with Crippen molar-refractivity contribution in [2.45, 2.75) is 11.8 Å². The average Bonchev–Trinajstić information content (AvgIpc) is 2.56. The van der Waals surface area contributed by atoms with E-state index >= 15 is 0 Å². The smallest absolute Gasteiger partial charge is 0.243 e. The van der Waals surface area contributed by atoms with Crippen molar-refractivity contribution >= 4 is 43.2 Å². The second kappa shape index (κ2) is 7.78. The van der Waals surface area contributed by atoms with Crippen molar-refractivity contribution in [2.75, 3.05) is 24.2 Å². The lowest BCUT2D eigenvalue weighted by atomic mass is 10.2. The third-order valence-corrected chi connectivity index (χ3v) is 5.41. The van der Waals surface area contributed by atoms with E-state index in [4.69, 9.17) is 0 Å². The molecule has 8 heteroatoms. The van der Waals surface area contributed by atoms with Gasteiger partial charge in [0.05, 0.1) is 11.4 Å². The van der Waals surface area contributed by atoms with Gasteiger partial charge in [0.25, 0.3) is 0 Å². The Kier molecular flexibility index (Phi) is 5.98. The van der Waals surface area contributed by atoms with Crippen molar-refractivity contribution in [3.8, 4) is 0 Å². The van der Waals surface area contributed by atoms with Crippen LogP contribution in [0.15, 0.2) is 51.8 Å². The Labute approximate surface area is 149 Å². The number of sulfonamides is 1. The Morgan fingerprint density at radius 2 is 1.71 bits per heavy atom. The van der Waals surface area contributed by atoms with Crippen molar-refractivity contribution in [2.24, 2.45) is 0 Å². The number of benzene rings is 2. The van der Waals surface area contributed by atoms with Gasteiger partial charge >= 0.3 is 0 Å². The summed E-state index contributed by atoms with van der Waals surface area (Å²) in [6, 6.07) is 12.2. The molecule has 2 rings (SSSR count). The lowest BCUT2D eigenvalue weighted by molar-refractivity contribution is -0.114. The van der Waals surface area contributed by atoms with E-state index in [0.717, 1.165) is 10.2 Å². The second-order valence-corrected chi connectivity index (χ2v) is 7.87. The van der Waals surface area contributed by atoms with Crippen LogP contribution < -0.4 is 15.4 Å². The molecule has 0 aliphatic carbocycles. The van der Waals surface area contributed by atoms with Gasteiger partial charge in [-0.25, -0.2) is 13.1 Å². The first-order valence-corrected chi connectivity index (χ1v) is 9.43. The van der Waals surface area contributed by atoms with Crippen LogP contribution in [0.4, 0.5) is 11.4 Å². The van der Waals surface area contributed by atoms with Crippen LogP contribution in [-0.4, -0.2) is 27.9 Å². The normalized spacial score (nSPS) is 11.1. The van der Waals surface area contributed by atoms with Gasteiger partial charge in [0.15, 0.2) is 0 Å². The quantitative estimate of drug-likeness (QED) is 0.681. The predicted octanol–water partition coefficient (Wildman–Crippen LogP) is 2.72. The number of carbonyl (C=O) groups is 1. The fourth-order valence-electron chi connectivity index (χ4n) is 2.03. The molecule has 3 N–H and O–H groups in total. The Hall–Kier alpha value is -1.90. The van der Waals surface area contributed by atoms with Gasteiger partial charge in [0.2, 0.25) is 15.9 Å². The van der Waals surface area contributed by atoms with Gasteiger partial charge < -0.3 is 10.6 Å². The fraction of sp³-hybridized carbons (Fsp3) is 0.188. The van der Waals surface area contributed by atoms with Crippen LogP contribution in [0.3, 0.4) is 0 Å². The topological polar surface area (TPSA) is 87.3 Å². The summed E-state index contributed by atoms with van der Waals surface area (Å²) in [6.45, 7) is 1.77. The molecule has 0 aliphatic heterocycles. The summed E-state index contributed by atoms with van der Waals surface area (Å²) >= 11 is 3.34. The van der Waals surface area contributed by atoms with Crippen molar-refractivity contribution in [1.29, 1.82) is 0 Å². The first-order valence-electron chi connectivity index (χ1n) is 7.15. The maximum atomic E-state index is 12.0. The molecule has 0 fully saturated rings. The highest BCUT2D eigenvalue weighted by atomic mass is 79.9. The molecule has 0 aromatic heterocycles. The summed E-state index contributed by atoms with van der Waals surface area (Å²) in [5.41, 5.74) is 1.85. The van der Waals surface area contributed by atoms with Gasteiger partial charge in [-0.2, -0.15) is 0 Å². The minimum absolute atomic E-state index is 0.0730. The highest BCUT2D eigenvalue weighted by Gasteiger charge is 2.15. The molecule has 2 aromatic carbocycles. The molecule has 0 saturated heterocycles. The van der Waals surface area contributed by atoms with E-state index in [1.54, 1.807) is 19.1 Å². The van der Waals surface area contributed by atoms with Gasteiger partial charge in [0, 0.05) is 15.8 Å². The second-order valence-electron chi connectivity index (χ2n) is 5.10. The molecule has 0 heterocycles. The van der Waals surface area contributed by atoms with Crippen LogP contribution in [0.2, 0.25) is 0 Å². The maximum Gasteiger partial charge on any atom is 0.243 e. The summed E-state index contributed by atoms with van der Waals surface area (Å²) in [5.74, 6) is -0.269. The molecule has 2 aromatic rings. The van der Waals surface area contributed by atoms with Gasteiger partial charge in [-0.15, -0.1) is 0 Å². The first kappa shape index (κ1) is 18.4. The van der Waals surface area contributed by atoms with Gasteiger partial charge in [0.1, 0.15) is 0 Å². The van der Waals surface area contributed by atoms with Crippen LogP contribution in [0.5, 0.6) is 0 Å². The third kappa shape index (κ3) is 4.80. The zero-order valence-electron chi connectivity index (χ0n) is 13.3. The highest BCUT2D eigenvalue weighted by molar-refractivity contribution is 9.10. The number of carbonyl (C=O) groups excluding carboxylic acids is 1. The van der Waals surface area contributed by atoms with Crippen LogP contribution >= 0.6 is 15.9 Å². The fourth-order valence-corrected chi connectivity index (χ4v) is 3.29. The van der Waals surface area contributed by atoms with Crippen molar-refractivity contribution in [3.63, 3.8) is 0 Å². The van der Waals surface area contributed by atoms with E-state index in [2.05, 4.69) is 31.3 Å². The number of hydrogen-bond acceptors (Lipinski definition) is 4. The third-order valence-electron chi connectivity index (χ3n) is 3.33. The number of hydrogen-bond donors (Lipinski definition) is 3. The van der Waals surface area contributed by atoms with E-state index in [1.165, 1.54) is 13.1 Å². The number of rotatable bonds is 6. The van der Waals surface area contributed by atoms with Crippen molar-refractivity contribution < 1.29 is 13.2 Å². The van der Waals surface area contributed by atoms with E-state index in [9.17, 15) is 13.2 Å². The Morgan fingerprint density at radius 1 is 1.08 bits per heavy atom. The van der Waals surface area contributed by atoms with Crippen molar-refractivity contribution in [3.05, 3.63) is 52.5 Å². The van der Waals surface area contributed by atoms with Crippen LogP contribution in [-0.2, 0) is 14.8 Å². The Bertz CT molecular complexity index is 836.